The van der Waals surface area contributed by atoms with Crippen LogP contribution in [0.1, 0.15) is 38.0 Å². The average Bonchev–Trinajstić information content (AvgIpc) is 2.78. The minimum Gasteiger partial charge on any atom is -0.361 e. The fraction of sp³-hybridized carbons (Fsp3) is 0.316. The number of ketones is 1. The van der Waals surface area contributed by atoms with Gasteiger partial charge in [-0.25, -0.2) is 0 Å². The summed E-state index contributed by atoms with van der Waals surface area (Å²) in [6.07, 6.45) is -0.135. The maximum absolute atomic E-state index is 12.1. The Kier molecular flexibility index (Phi) is 3.42. The Bertz CT molecular complexity index is 634. The molecule has 2 aromatic rings. The normalized spacial score (nSPS) is 13.9. The SMILES string of the molecule is CC(C)(C)C(=O)COC1c2ccccc2-c2ccccc21. The predicted molar refractivity (Wildman–Crippen MR) is 84.1 cm³/mol. The van der Waals surface area contributed by atoms with Crippen LogP contribution in [-0.4, -0.2) is 12.4 Å². The molecule has 2 nitrogen and oxygen atoms in total. The van der Waals surface area contributed by atoms with Crippen LogP contribution in [0.3, 0.4) is 0 Å². The minimum atomic E-state index is -0.363. The Hall–Kier alpha value is -1.93. The van der Waals surface area contributed by atoms with Gasteiger partial charge in [-0.3, -0.25) is 4.79 Å². The van der Waals surface area contributed by atoms with Crippen molar-refractivity contribution in [3.8, 4) is 11.1 Å². The van der Waals surface area contributed by atoms with Gasteiger partial charge in [-0.1, -0.05) is 69.3 Å². The molecule has 0 saturated heterocycles. The molecule has 0 N–H and O–H groups in total. The number of carbonyl (C=O) groups excluding carboxylic acids is 1. The molecule has 1 aliphatic rings. The van der Waals surface area contributed by atoms with Crippen molar-refractivity contribution in [2.45, 2.75) is 26.9 Å². The van der Waals surface area contributed by atoms with Gasteiger partial charge in [-0.2, -0.15) is 0 Å². The Morgan fingerprint density at radius 3 is 1.90 bits per heavy atom. The summed E-state index contributed by atoms with van der Waals surface area (Å²) >= 11 is 0. The molecule has 0 radical (unpaired) electrons. The van der Waals surface area contributed by atoms with Gasteiger partial charge in [-0.15, -0.1) is 0 Å². The molecule has 2 heteroatoms. The Morgan fingerprint density at radius 1 is 0.952 bits per heavy atom. The highest BCUT2D eigenvalue weighted by Gasteiger charge is 2.30. The number of hydrogen-bond donors (Lipinski definition) is 0. The zero-order valence-corrected chi connectivity index (χ0v) is 12.7. The van der Waals surface area contributed by atoms with Crippen LogP contribution in [0.2, 0.25) is 0 Å². The van der Waals surface area contributed by atoms with Crippen molar-refractivity contribution < 1.29 is 9.53 Å². The van der Waals surface area contributed by atoms with E-state index in [1.807, 2.05) is 45.0 Å². The van der Waals surface area contributed by atoms with E-state index in [1.54, 1.807) is 0 Å². The second-order valence-corrected chi connectivity index (χ2v) is 6.54. The standard InChI is InChI=1S/C19H20O2/c1-19(2,3)17(20)12-21-18-15-10-6-4-8-13(15)14-9-5-7-11-16(14)18/h4-11,18H,12H2,1-3H3. The first-order valence-corrected chi connectivity index (χ1v) is 7.31. The Labute approximate surface area is 125 Å². The van der Waals surface area contributed by atoms with Gasteiger partial charge in [0, 0.05) is 5.41 Å². The summed E-state index contributed by atoms with van der Waals surface area (Å²) < 4.78 is 5.99. The lowest BCUT2D eigenvalue weighted by atomic mass is 9.91. The highest BCUT2D eigenvalue weighted by Crippen LogP contribution is 2.45. The molecule has 3 rings (SSSR count). The topological polar surface area (TPSA) is 26.3 Å². The Balaban J connectivity index is 1.91. The van der Waals surface area contributed by atoms with Gasteiger partial charge in [0.05, 0.1) is 0 Å². The molecule has 1 aliphatic carbocycles. The molecule has 0 amide bonds. The molecule has 0 aliphatic heterocycles. The monoisotopic (exact) mass is 280 g/mol. The predicted octanol–water partition coefficient (Wildman–Crippen LogP) is 4.39. The lowest BCUT2D eigenvalue weighted by Crippen LogP contribution is -2.25. The van der Waals surface area contributed by atoms with Crippen molar-refractivity contribution in [3.63, 3.8) is 0 Å². The molecule has 2 aromatic carbocycles. The maximum Gasteiger partial charge on any atom is 0.163 e. The van der Waals surface area contributed by atoms with Gasteiger partial charge in [0.1, 0.15) is 12.7 Å². The molecule has 0 atom stereocenters. The van der Waals surface area contributed by atoms with E-state index < -0.39 is 0 Å². The highest BCUT2D eigenvalue weighted by atomic mass is 16.5. The molecule has 0 aromatic heterocycles. The zero-order valence-electron chi connectivity index (χ0n) is 12.7. The lowest BCUT2D eigenvalue weighted by molar-refractivity contribution is -0.132. The van der Waals surface area contributed by atoms with Gasteiger partial charge in [0.2, 0.25) is 0 Å². The lowest BCUT2D eigenvalue weighted by Gasteiger charge is -2.20. The van der Waals surface area contributed by atoms with Crippen molar-refractivity contribution in [1.82, 2.24) is 0 Å². The molecule has 0 saturated carbocycles. The summed E-state index contributed by atoms with van der Waals surface area (Å²) in [5.41, 5.74) is 4.36. The average molecular weight is 280 g/mol. The summed E-state index contributed by atoms with van der Waals surface area (Å²) in [4.78, 5) is 12.1. The largest absolute Gasteiger partial charge is 0.361 e. The van der Waals surface area contributed by atoms with Crippen LogP contribution in [0.15, 0.2) is 48.5 Å². The molecule has 108 valence electrons. The van der Waals surface area contributed by atoms with Crippen LogP contribution in [0.25, 0.3) is 11.1 Å². The van der Waals surface area contributed by atoms with Crippen molar-refractivity contribution in [2.24, 2.45) is 5.41 Å². The number of carbonyl (C=O) groups is 1. The number of benzene rings is 2. The first-order valence-electron chi connectivity index (χ1n) is 7.31. The summed E-state index contributed by atoms with van der Waals surface area (Å²) in [7, 11) is 0. The van der Waals surface area contributed by atoms with Crippen LogP contribution in [0, 0.1) is 5.41 Å². The van der Waals surface area contributed by atoms with E-state index in [2.05, 4.69) is 24.3 Å². The summed E-state index contributed by atoms with van der Waals surface area (Å²) in [6, 6.07) is 16.5. The molecule has 21 heavy (non-hydrogen) atoms. The third-order valence-electron chi connectivity index (χ3n) is 3.99. The van der Waals surface area contributed by atoms with Crippen LogP contribution in [0.4, 0.5) is 0 Å². The molecule has 0 bridgehead atoms. The summed E-state index contributed by atoms with van der Waals surface area (Å²) in [5.74, 6) is 0.129. The van der Waals surface area contributed by atoms with Crippen molar-refractivity contribution in [1.29, 1.82) is 0 Å². The van der Waals surface area contributed by atoms with Crippen molar-refractivity contribution in [2.75, 3.05) is 6.61 Å². The number of rotatable bonds is 3. The first kappa shape index (κ1) is 14.0. The fourth-order valence-electron chi connectivity index (χ4n) is 2.66. The number of hydrogen-bond acceptors (Lipinski definition) is 2. The van der Waals surface area contributed by atoms with E-state index in [1.165, 1.54) is 11.1 Å². The zero-order chi connectivity index (χ0) is 15.0. The van der Waals surface area contributed by atoms with E-state index in [-0.39, 0.29) is 23.9 Å². The molecular weight excluding hydrogens is 260 g/mol. The van der Waals surface area contributed by atoms with E-state index in [4.69, 9.17) is 4.74 Å². The summed E-state index contributed by atoms with van der Waals surface area (Å²) in [5, 5.41) is 0. The molecule has 0 unspecified atom stereocenters. The molecule has 0 spiro atoms. The summed E-state index contributed by atoms with van der Waals surface area (Å²) in [6.45, 7) is 5.93. The molecule has 0 fully saturated rings. The fourth-order valence-corrected chi connectivity index (χ4v) is 2.66. The van der Waals surface area contributed by atoms with Gasteiger partial charge in [0.25, 0.3) is 0 Å². The van der Waals surface area contributed by atoms with E-state index >= 15 is 0 Å². The molecule has 0 heterocycles. The highest BCUT2D eigenvalue weighted by molar-refractivity contribution is 5.85. The Morgan fingerprint density at radius 2 is 1.43 bits per heavy atom. The van der Waals surface area contributed by atoms with Crippen LogP contribution < -0.4 is 0 Å². The van der Waals surface area contributed by atoms with Crippen LogP contribution in [0.5, 0.6) is 0 Å². The number of Topliss-reactive ketones (excluding diaryl/α,β-unsaturated/α-hetero) is 1. The van der Waals surface area contributed by atoms with E-state index in [9.17, 15) is 4.79 Å². The maximum atomic E-state index is 12.1. The van der Waals surface area contributed by atoms with E-state index in [0.29, 0.717) is 0 Å². The van der Waals surface area contributed by atoms with Crippen LogP contribution >= 0.6 is 0 Å². The minimum absolute atomic E-state index is 0.129. The van der Waals surface area contributed by atoms with Gasteiger partial charge in [-0.05, 0) is 22.3 Å². The first-order chi connectivity index (χ1) is 9.98. The number of fused-ring (bicyclic) bond motifs is 3. The quantitative estimate of drug-likeness (QED) is 0.833. The van der Waals surface area contributed by atoms with Gasteiger partial charge in [0.15, 0.2) is 5.78 Å². The third kappa shape index (κ3) is 2.52. The van der Waals surface area contributed by atoms with E-state index in [0.717, 1.165) is 11.1 Å². The van der Waals surface area contributed by atoms with Crippen molar-refractivity contribution in [3.05, 3.63) is 59.7 Å². The number of ether oxygens (including phenoxy) is 1. The van der Waals surface area contributed by atoms with Crippen molar-refractivity contribution >= 4 is 5.78 Å². The van der Waals surface area contributed by atoms with Gasteiger partial charge >= 0.3 is 0 Å². The van der Waals surface area contributed by atoms with Gasteiger partial charge < -0.3 is 4.74 Å². The third-order valence-corrected chi connectivity index (χ3v) is 3.99. The second kappa shape index (κ2) is 5.12. The second-order valence-electron chi connectivity index (χ2n) is 6.54. The molecular formula is C19H20O2. The smallest absolute Gasteiger partial charge is 0.163 e. The van der Waals surface area contributed by atoms with Crippen LogP contribution in [-0.2, 0) is 9.53 Å².